The van der Waals surface area contributed by atoms with Crippen LogP contribution in [-0.4, -0.2) is 30.0 Å². The minimum Gasteiger partial charge on any atom is -0.772 e. The van der Waals surface area contributed by atoms with Crippen LogP contribution in [-0.2, 0) is 29.7 Å². The zero-order valence-electron chi connectivity index (χ0n) is 13.7. The molecule has 1 atom stereocenters. The number of aliphatic hydroxyl groups is 1. The number of aryl methyl sites for hydroxylation is 1. The average molecular weight is 378 g/mol. The molecule has 0 saturated carbocycles. The molecule has 5 nitrogen and oxygen atoms in total. The molecule has 0 saturated heterocycles. The Hall–Kier alpha value is -1.73. The predicted octanol–water partition coefficient (Wildman–Crippen LogP) is 3.16. The lowest BCUT2D eigenvalue weighted by atomic mass is 10.1. The number of hydrogen-bond acceptors (Lipinski definition) is 4. The van der Waals surface area contributed by atoms with Gasteiger partial charge in [0.15, 0.2) is 0 Å². The lowest BCUT2D eigenvalue weighted by Gasteiger charge is -2.11. The number of halogens is 1. The summed E-state index contributed by atoms with van der Waals surface area (Å²) in [5, 5.41) is 9.46. The van der Waals surface area contributed by atoms with Gasteiger partial charge in [-0.25, -0.2) is 4.98 Å². The molecule has 1 unspecified atom stereocenters. The molecular formula is C18H18ClN2O3S-. The molecule has 1 aromatic heterocycles. The van der Waals surface area contributed by atoms with Crippen molar-refractivity contribution in [2.24, 2.45) is 0 Å². The van der Waals surface area contributed by atoms with E-state index in [1.807, 2.05) is 35.8 Å². The highest BCUT2D eigenvalue weighted by Crippen LogP contribution is 2.28. The number of imidazole rings is 1. The highest BCUT2D eigenvalue weighted by Gasteiger charge is 2.14. The van der Waals surface area contributed by atoms with Crippen LogP contribution in [0.15, 0.2) is 36.4 Å². The van der Waals surface area contributed by atoms with Crippen LogP contribution in [0.4, 0.5) is 0 Å². The normalized spacial score (nSPS) is 12.6. The zero-order chi connectivity index (χ0) is 18.0. The van der Waals surface area contributed by atoms with Crippen molar-refractivity contribution in [3.63, 3.8) is 0 Å². The van der Waals surface area contributed by atoms with E-state index in [1.54, 1.807) is 12.1 Å². The van der Waals surface area contributed by atoms with Crippen molar-refractivity contribution < 1.29 is 13.9 Å². The van der Waals surface area contributed by atoms with Gasteiger partial charge in [-0.15, -0.1) is 0 Å². The quantitative estimate of drug-likeness (QED) is 0.669. The number of aliphatic hydroxyl groups excluding tert-OH is 1. The summed E-state index contributed by atoms with van der Waals surface area (Å²) in [4.78, 5) is 4.64. The fourth-order valence-corrected chi connectivity index (χ4v) is 3.69. The molecule has 0 fully saturated rings. The van der Waals surface area contributed by atoms with Gasteiger partial charge < -0.3 is 9.66 Å². The molecule has 1 heterocycles. The van der Waals surface area contributed by atoms with Gasteiger partial charge in [-0.05, 0) is 41.8 Å². The molecule has 25 heavy (non-hydrogen) atoms. The van der Waals surface area contributed by atoms with Crippen LogP contribution in [0.25, 0.3) is 16.7 Å². The smallest absolute Gasteiger partial charge is 0.114 e. The standard InChI is InChI=1S/C18H19ClN2O3S/c1-2-18-20-16-9-13(11-25(23)24)15(19)10-17(16)21(18)14-5-3-12(4-6-14)7-8-22/h3-6,9-10,22H,2,7-8,11H2,1H3,(H,23,24)/p-1. The van der Waals surface area contributed by atoms with E-state index in [9.17, 15) is 8.76 Å². The van der Waals surface area contributed by atoms with Gasteiger partial charge in [0.25, 0.3) is 0 Å². The molecule has 132 valence electrons. The van der Waals surface area contributed by atoms with Gasteiger partial charge in [0, 0.05) is 29.5 Å². The fraction of sp³-hybridized carbons (Fsp3) is 0.278. The summed E-state index contributed by atoms with van der Waals surface area (Å²) in [5.74, 6) is 0.750. The monoisotopic (exact) mass is 377 g/mol. The van der Waals surface area contributed by atoms with Crippen molar-refractivity contribution in [1.82, 2.24) is 9.55 Å². The summed E-state index contributed by atoms with van der Waals surface area (Å²) >= 11 is 4.08. The summed E-state index contributed by atoms with van der Waals surface area (Å²) in [6.07, 6.45) is 1.35. The van der Waals surface area contributed by atoms with Crippen molar-refractivity contribution in [2.75, 3.05) is 6.61 Å². The van der Waals surface area contributed by atoms with Crippen molar-refractivity contribution in [3.8, 4) is 5.69 Å². The van der Waals surface area contributed by atoms with E-state index < -0.39 is 11.1 Å². The minimum atomic E-state index is -2.20. The fourth-order valence-electron chi connectivity index (χ4n) is 2.89. The van der Waals surface area contributed by atoms with E-state index in [0.717, 1.165) is 34.5 Å². The Bertz CT molecular complexity index is 922. The Morgan fingerprint density at radius 2 is 2.00 bits per heavy atom. The number of benzene rings is 2. The van der Waals surface area contributed by atoms with E-state index >= 15 is 0 Å². The summed E-state index contributed by atoms with van der Waals surface area (Å²) in [6, 6.07) is 11.4. The molecule has 0 aliphatic heterocycles. The van der Waals surface area contributed by atoms with Gasteiger partial charge in [-0.3, -0.25) is 8.78 Å². The molecule has 0 bridgehead atoms. The van der Waals surface area contributed by atoms with E-state index in [0.29, 0.717) is 17.0 Å². The third-order valence-corrected chi connectivity index (χ3v) is 4.98. The second kappa shape index (κ2) is 7.66. The van der Waals surface area contributed by atoms with E-state index in [-0.39, 0.29) is 12.4 Å². The van der Waals surface area contributed by atoms with Gasteiger partial charge in [-0.2, -0.15) is 0 Å². The Balaban J connectivity index is 2.13. The van der Waals surface area contributed by atoms with Crippen molar-refractivity contribution in [2.45, 2.75) is 25.5 Å². The van der Waals surface area contributed by atoms with Crippen LogP contribution in [0.2, 0.25) is 5.02 Å². The number of rotatable bonds is 6. The molecule has 0 aliphatic carbocycles. The van der Waals surface area contributed by atoms with Gasteiger partial charge in [0.05, 0.1) is 11.0 Å². The molecule has 3 rings (SSSR count). The summed E-state index contributed by atoms with van der Waals surface area (Å²) in [5.41, 5.74) is 4.13. The molecule has 7 heteroatoms. The number of hydrogen-bond donors (Lipinski definition) is 1. The third-order valence-electron chi connectivity index (χ3n) is 4.08. The van der Waals surface area contributed by atoms with Gasteiger partial charge in [0.1, 0.15) is 5.82 Å². The van der Waals surface area contributed by atoms with Crippen LogP contribution in [0.5, 0.6) is 0 Å². The highest BCUT2D eigenvalue weighted by molar-refractivity contribution is 7.78. The van der Waals surface area contributed by atoms with Crippen LogP contribution < -0.4 is 0 Å². The lowest BCUT2D eigenvalue weighted by Crippen LogP contribution is -2.01. The zero-order valence-corrected chi connectivity index (χ0v) is 15.3. The topological polar surface area (TPSA) is 78.2 Å². The maximum atomic E-state index is 11.0. The van der Waals surface area contributed by atoms with Crippen molar-refractivity contribution in [3.05, 3.63) is 58.4 Å². The number of nitrogens with zero attached hydrogens (tertiary/aromatic N) is 2. The van der Waals surface area contributed by atoms with Crippen LogP contribution in [0, 0.1) is 0 Å². The number of aromatic nitrogens is 2. The van der Waals surface area contributed by atoms with Crippen LogP contribution in [0.3, 0.4) is 0 Å². The Labute approximate surface area is 153 Å². The van der Waals surface area contributed by atoms with Crippen molar-refractivity contribution in [1.29, 1.82) is 0 Å². The van der Waals surface area contributed by atoms with Crippen molar-refractivity contribution >= 4 is 33.7 Å². The van der Waals surface area contributed by atoms with Gasteiger partial charge in [-0.1, -0.05) is 41.7 Å². The lowest BCUT2D eigenvalue weighted by molar-refractivity contribution is 0.299. The van der Waals surface area contributed by atoms with Gasteiger partial charge >= 0.3 is 0 Å². The Kier molecular flexibility index (Phi) is 5.54. The largest absolute Gasteiger partial charge is 0.772 e. The molecule has 0 aliphatic rings. The first-order chi connectivity index (χ1) is 12.0. The maximum absolute atomic E-state index is 11.0. The molecule has 0 radical (unpaired) electrons. The molecule has 0 amide bonds. The van der Waals surface area contributed by atoms with E-state index in [1.165, 1.54) is 0 Å². The minimum absolute atomic E-state index is 0.118. The van der Waals surface area contributed by atoms with Crippen LogP contribution >= 0.6 is 11.6 Å². The summed E-state index contributed by atoms with van der Waals surface area (Å²) in [6.45, 7) is 2.14. The second-order valence-corrected chi connectivity index (χ2v) is 7.04. The molecule has 0 spiro atoms. The second-order valence-electron chi connectivity index (χ2n) is 5.74. The van der Waals surface area contributed by atoms with E-state index in [4.69, 9.17) is 16.7 Å². The van der Waals surface area contributed by atoms with Crippen LogP contribution in [0.1, 0.15) is 23.9 Å². The highest BCUT2D eigenvalue weighted by atomic mass is 35.5. The molecule has 3 aromatic rings. The summed E-state index contributed by atoms with van der Waals surface area (Å²) < 4.78 is 24.0. The molecule has 2 aromatic carbocycles. The Morgan fingerprint density at radius 1 is 1.28 bits per heavy atom. The number of fused-ring (bicyclic) bond motifs is 1. The first-order valence-electron chi connectivity index (χ1n) is 7.99. The molecular weight excluding hydrogens is 360 g/mol. The maximum Gasteiger partial charge on any atom is 0.114 e. The first-order valence-corrected chi connectivity index (χ1v) is 9.61. The van der Waals surface area contributed by atoms with Gasteiger partial charge in [0.2, 0.25) is 0 Å². The SMILES string of the molecule is CCc1nc2cc(CS(=O)[O-])c(Cl)cc2n1-c1ccc(CCO)cc1. The first kappa shape index (κ1) is 18.1. The molecule has 1 N–H and O–H groups in total. The van der Waals surface area contributed by atoms with E-state index in [2.05, 4.69) is 4.98 Å². The Morgan fingerprint density at radius 3 is 2.60 bits per heavy atom. The predicted molar refractivity (Wildman–Crippen MR) is 98.9 cm³/mol. The summed E-state index contributed by atoms with van der Waals surface area (Å²) in [7, 11) is 0. The average Bonchev–Trinajstić information content (AvgIpc) is 2.93. The third kappa shape index (κ3) is 3.77.